The summed E-state index contributed by atoms with van der Waals surface area (Å²) < 4.78 is 0. The molecule has 2 rings (SSSR count). The lowest BCUT2D eigenvalue weighted by molar-refractivity contribution is -0.131. The van der Waals surface area contributed by atoms with Crippen molar-refractivity contribution < 1.29 is 15.0 Å². The first kappa shape index (κ1) is 15.0. The van der Waals surface area contributed by atoms with E-state index in [-0.39, 0.29) is 0 Å². The summed E-state index contributed by atoms with van der Waals surface area (Å²) in [5, 5.41) is 18.4. The summed E-state index contributed by atoms with van der Waals surface area (Å²) in [6, 6.07) is 17.9. The molecule has 0 spiro atoms. The number of hydrogen-bond acceptors (Lipinski definition) is 2. The van der Waals surface area contributed by atoms with Crippen molar-refractivity contribution in [2.24, 2.45) is 0 Å². The zero-order valence-electron chi connectivity index (χ0n) is 11.6. The van der Waals surface area contributed by atoms with Gasteiger partial charge in [0.2, 0.25) is 0 Å². The fraction of sp³-hybridized carbons (Fsp3) is 0.167. The van der Waals surface area contributed by atoms with Crippen LogP contribution in [0, 0.1) is 0 Å². The molecule has 0 aromatic heterocycles. The van der Waals surface area contributed by atoms with Gasteiger partial charge in [-0.3, -0.25) is 0 Å². The Kier molecular flexibility index (Phi) is 5.29. The van der Waals surface area contributed by atoms with Gasteiger partial charge in [0.05, 0.1) is 6.10 Å². The summed E-state index contributed by atoms with van der Waals surface area (Å²) in [4.78, 5) is 10.4. The van der Waals surface area contributed by atoms with E-state index < -0.39 is 12.1 Å². The Morgan fingerprint density at radius 1 is 0.952 bits per heavy atom. The van der Waals surface area contributed by atoms with Gasteiger partial charge in [0, 0.05) is 6.08 Å². The van der Waals surface area contributed by atoms with Crippen molar-refractivity contribution in [2.45, 2.75) is 18.9 Å². The Morgan fingerprint density at radius 2 is 1.52 bits per heavy atom. The molecule has 21 heavy (non-hydrogen) atoms. The standard InChI is InChI=1S/C18H18O3/c19-17(12-13-18(20)21)16-10-8-15(9-11-16)7-6-14-4-2-1-3-5-14/h1-5,8-13,17,19H,6-7H2,(H,20,21)/b13-12+. The molecular formula is C18H18O3. The van der Waals surface area contributed by atoms with Gasteiger partial charge < -0.3 is 10.2 Å². The lowest BCUT2D eigenvalue weighted by Crippen LogP contribution is -1.97. The number of rotatable bonds is 6. The molecule has 0 amide bonds. The molecule has 0 aliphatic rings. The molecule has 0 bridgehead atoms. The maximum atomic E-state index is 10.4. The minimum Gasteiger partial charge on any atom is -0.478 e. The number of hydrogen-bond donors (Lipinski definition) is 2. The quantitative estimate of drug-likeness (QED) is 0.800. The lowest BCUT2D eigenvalue weighted by Gasteiger charge is -2.07. The molecule has 1 unspecified atom stereocenters. The molecule has 2 aromatic carbocycles. The molecule has 3 heteroatoms. The highest BCUT2D eigenvalue weighted by atomic mass is 16.4. The molecule has 108 valence electrons. The van der Waals surface area contributed by atoms with E-state index in [1.807, 2.05) is 42.5 Å². The predicted molar refractivity (Wildman–Crippen MR) is 82.0 cm³/mol. The highest BCUT2D eigenvalue weighted by Crippen LogP contribution is 2.16. The number of aliphatic hydroxyl groups excluding tert-OH is 1. The van der Waals surface area contributed by atoms with E-state index >= 15 is 0 Å². The maximum absolute atomic E-state index is 10.4. The van der Waals surface area contributed by atoms with Gasteiger partial charge in [0.25, 0.3) is 0 Å². The zero-order valence-corrected chi connectivity index (χ0v) is 11.6. The van der Waals surface area contributed by atoms with Crippen molar-refractivity contribution in [3.63, 3.8) is 0 Å². The molecule has 0 fully saturated rings. The first-order chi connectivity index (χ1) is 10.1. The van der Waals surface area contributed by atoms with Gasteiger partial charge in [0.1, 0.15) is 0 Å². The number of carboxylic acids is 1. The molecule has 0 heterocycles. The van der Waals surface area contributed by atoms with Crippen LogP contribution in [0.25, 0.3) is 0 Å². The van der Waals surface area contributed by atoms with Crippen LogP contribution in [-0.2, 0) is 17.6 Å². The monoisotopic (exact) mass is 282 g/mol. The second-order valence-electron chi connectivity index (χ2n) is 4.87. The third kappa shape index (κ3) is 4.89. The van der Waals surface area contributed by atoms with Crippen LogP contribution in [0.15, 0.2) is 66.7 Å². The van der Waals surface area contributed by atoms with Crippen LogP contribution in [0.3, 0.4) is 0 Å². The second-order valence-corrected chi connectivity index (χ2v) is 4.87. The highest BCUT2D eigenvalue weighted by Gasteiger charge is 2.04. The van der Waals surface area contributed by atoms with E-state index in [1.54, 1.807) is 0 Å². The summed E-state index contributed by atoms with van der Waals surface area (Å²) in [6.45, 7) is 0. The van der Waals surface area contributed by atoms with E-state index in [0.717, 1.165) is 18.9 Å². The van der Waals surface area contributed by atoms with Crippen molar-refractivity contribution in [2.75, 3.05) is 0 Å². The molecule has 2 N–H and O–H groups in total. The van der Waals surface area contributed by atoms with Crippen LogP contribution in [0.5, 0.6) is 0 Å². The summed E-state index contributed by atoms with van der Waals surface area (Å²) in [5.41, 5.74) is 3.18. The Hall–Kier alpha value is -2.39. The van der Waals surface area contributed by atoms with E-state index in [0.29, 0.717) is 5.56 Å². The zero-order chi connectivity index (χ0) is 15.1. The third-order valence-corrected chi connectivity index (χ3v) is 3.29. The topological polar surface area (TPSA) is 57.5 Å². The number of carbonyl (C=O) groups is 1. The minimum atomic E-state index is -1.06. The van der Waals surface area contributed by atoms with Gasteiger partial charge in [-0.25, -0.2) is 4.79 Å². The largest absolute Gasteiger partial charge is 0.478 e. The van der Waals surface area contributed by atoms with Crippen molar-refractivity contribution >= 4 is 5.97 Å². The van der Waals surface area contributed by atoms with Crippen LogP contribution >= 0.6 is 0 Å². The molecule has 0 aliphatic heterocycles. The van der Waals surface area contributed by atoms with Crippen molar-refractivity contribution in [1.29, 1.82) is 0 Å². The van der Waals surface area contributed by atoms with Crippen molar-refractivity contribution in [3.05, 3.63) is 83.4 Å². The highest BCUT2D eigenvalue weighted by molar-refractivity contribution is 5.79. The Labute approximate surface area is 124 Å². The third-order valence-electron chi connectivity index (χ3n) is 3.29. The van der Waals surface area contributed by atoms with E-state index in [2.05, 4.69) is 12.1 Å². The number of aliphatic hydroxyl groups is 1. The smallest absolute Gasteiger partial charge is 0.328 e. The SMILES string of the molecule is O=C(O)/C=C/C(O)c1ccc(CCc2ccccc2)cc1. The number of aliphatic carboxylic acids is 1. The summed E-state index contributed by atoms with van der Waals surface area (Å²) >= 11 is 0. The molecule has 3 nitrogen and oxygen atoms in total. The van der Waals surface area contributed by atoms with Crippen molar-refractivity contribution in [1.82, 2.24) is 0 Å². The average molecular weight is 282 g/mol. The summed E-state index contributed by atoms with van der Waals surface area (Å²) in [7, 11) is 0. The number of aryl methyl sites for hydroxylation is 2. The second kappa shape index (κ2) is 7.41. The van der Waals surface area contributed by atoms with Crippen LogP contribution in [-0.4, -0.2) is 16.2 Å². The Balaban J connectivity index is 1.94. The normalized spacial score (nSPS) is 12.4. The number of carboxylic acid groups (broad SMARTS) is 1. The molecule has 1 atom stereocenters. The Morgan fingerprint density at radius 3 is 2.10 bits per heavy atom. The van der Waals surface area contributed by atoms with Gasteiger partial charge >= 0.3 is 5.97 Å². The van der Waals surface area contributed by atoms with E-state index in [1.165, 1.54) is 17.2 Å². The molecule has 0 saturated heterocycles. The molecule has 0 aliphatic carbocycles. The van der Waals surface area contributed by atoms with Crippen molar-refractivity contribution in [3.8, 4) is 0 Å². The fourth-order valence-corrected chi connectivity index (χ4v) is 2.10. The number of benzene rings is 2. The first-order valence-corrected chi connectivity index (χ1v) is 6.87. The van der Waals surface area contributed by atoms with Crippen LogP contribution in [0.1, 0.15) is 22.8 Å². The van der Waals surface area contributed by atoms with Gasteiger partial charge in [-0.15, -0.1) is 0 Å². The minimum absolute atomic E-state index is 0.691. The Bertz CT molecular complexity index is 600. The lowest BCUT2D eigenvalue weighted by atomic mass is 10.0. The fourth-order valence-electron chi connectivity index (χ4n) is 2.10. The van der Waals surface area contributed by atoms with Gasteiger partial charge in [-0.05, 0) is 35.6 Å². The van der Waals surface area contributed by atoms with Gasteiger partial charge in [-0.2, -0.15) is 0 Å². The van der Waals surface area contributed by atoms with Crippen LogP contribution in [0.2, 0.25) is 0 Å². The van der Waals surface area contributed by atoms with Crippen LogP contribution < -0.4 is 0 Å². The predicted octanol–water partition coefficient (Wildman–Crippen LogP) is 3.15. The maximum Gasteiger partial charge on any atom is 0.328 e. The molecule has 2 aromatic rings. The summed E-state index contributed by atoms with van der Waals surface area (Å²) in [5.74, 6) is -1.06. The average Bonchev–Trinajstić information content (AvgIpc) is 2.52. The molecule has 0 saturated carbocycles. The van der Waals surface area contributed by atoms with Gasteiger partial charge in [0.15, 0.2) is 0 Å². The van der Waals surface area contributed by atoms with Crippen LogP contribution in [0.4, 0.5) is 0 Å². The first-order valence-electron chi connectivity index (χ1n) is 6.87. The molecular weight excluding hydrogens is 264 g/mol. The molecule has 0 radical (unpaired) electrons. The van der Waals surface area contributed by atoms with E-state index in [9.17, 15) is 9.90 Å². The summed E-state index contributed by atoms with van der Waals surface area (Å²) in [6.07, 6.45) is 3.24. The van der Waals surface area contributed by atoms with Gasteiger partial charge in [-0.1, -0.05) is 54.6 Å². The van der Waals surface area contributed by atoms with E-state index in [4.69, 9.17) is 5.11 Å².